The summed E-state index contributed by atoms with van der Waals surface area (Å²) in [5, 5.41) is 25.7. The van der Waals surface area contributed by atoms with Gasteiger partial charge in [-0.3, -0.25) is 20.2 Å². The van der Waals surface area contributed by atoms with Crippen molar-refractivity contribution in [2.24, 2.45) is 0 Å². The van der Waals surface area contributed by atoms with Gasteiger partial charge in [-0.25, -0.2) is 0 Å². The molecule has 8 heteroatoms. The third-order valence-electron chi connectivity index (χ3n) is 10.7. The Balaban J connectivity index is 1.55. The van der Waals surface area contributed by atoms with Crippen molar-refractivity contribution in [3.63, 3.8) is 0 Å². The minimum Gasteiger partial charge on any atom is -0.341 e. The van der Waals surface area contributed by atoms with E-state index in [2.05, 4.69) is 47.9 Å². The van der Waals surface area contributed by atoms with Gasteiger partial charge >= 0.3 is 0 Å². The van der Waals surface area contributed by atoms with E-state index in [-0.39, 0.29) is 22.5 Å². The molecule has 8 nitrogen and oxygen atoms in total. The minimum absolute atomic E-state index is 0.170. The highest BCUT2D eigenvalue weighted by atomic mass is 16.6. The van der Waals surface area contributed by atoms with Gasteiger partial charge in [0.2, 0.25) is 0 Å². The zero-order valence-corrected chi connectivity index (χ0v) is 33.7. The van der Waals surface area contributed by atoms with Crippen LogP contribution in [0.5, 0.6) is 0 Å². The Bertz CT molecular complexity index is 1890. The van der Waals surface area contributed by atoms with Crippen LogP contribution in [0.4, 0.5) is 34.1 Å². The Morgan fingerprint density at radius 3 is 1.18 bits per heavy atom. The molecule has 0 fully saturated rings. The molecule has 5 rings (SSSR count). The summed E-state index contributed by atoms with van der Waals surface area (Å²) in [4.78, 5) is 29.4. The number of nitro groups is 2. The fourth-order valence-electron chi connectivity index (χ4n) is 7.57. The Hall–Kier alpha value is -5.50. The van der Waals surface area contributed by atoms with E-state index < -0.39 is 9.85 Å². The number of hydrogen-bond donors (Lipinski definition) is 0. The summed E-state index contributed by atoms with van der Waals surface area (Å²) in [5.74, 6) is 0. The minimum atomic E-state index is -0.419. The van der Waals surface area contributed by atoms with Crippen molar-refractivity contribution in [3.05, 3.63) is 141 Å². The van der Waals surface area contributed by atoms with Crippen LogP contribution in [0.15, 0.2) is 109 Å². The first-order valence-electron chi connectivity index (χ1n) is 20.6. The molecule has 294 valence electrons. The number of hydrogen-bond acceptors (Lipinski definition) is 6. The highest BCUT2D eigenvalue weighted by molar-refractivity contribution is 5.88. The van der Waals surface area contributed by atoms with Crippen LogP contribution in [0.1, 0.15) is 102 Å². The highest BCUT2D eigenvalue weighted by Gasteiger charge is 2.27. The second-order valence-electron chi connectivity index (χ2n) is 14.9. The van der Waals surface area contributed by atoms with Gasteiger partial charge in [0.15, 0.2) is 0 Å². The average Bonchev–Trinajstić information content (AvgIpc) is 3.21. The van der Waals surface area contributed by atoms with Crippen molar-refractivity contribution < 1.29 is 9.85 Å². The van der Waals surface area contributed by atoms with Crippen molar-refractivity contribution >= 4 is 34.1 Å². The zero-order chi connectivity index (χ0) is 39.9. The van der Waals surface area contributed by atoms with Gasteiger partial charge < -0.3 is 9.80 Å². The number of nitro benzene ring substituents is 2. The molecule has 0 heterocycles. The maximum atomic E-state index is 12.9. The van der Waals surface area contributed by atoms with Crippen LogP contribution in [0.25, 0.3) is 22.3 Å². The first-order valence-corrected chi connectivity index (χ1v) is 20.6. The van der Waals surface area contributed by atoms with E-state index >= 15 is 0 Å². The molecule has 0 aliphatic rings. The molecular formula is C48H58N4O4. The Morgan fingerprint density at radius 2 is 0.821 bits per heavy atom. The SMILES string of the molecule is CCCCCCCCN(c1ccccc1)c1cc(-c2cc([N+](=O)[O-])c(-c3ccc(C)c(N(CCCCCCCC)c4ccccc4)c3)cc2[N+](=O)[O-])ccc1C. The number of benzene rings is 5. The summed E-state index contributed by atoms with van der Waals surface area (Å²) in [6, 6.07) is 34.6. The topological polar surface area (TPSA) is 92.8 Å². The van der Waals surface area contributed by atoms with Gasteiger partial charge in [-0.15, -0.1) is 0 Å². The molecule has 0 aromatic heterocycles. The summed E-state index contributed by atoms with van der Waals surface area (Å²) in [7, 11) is 0. The molecule has 0 unspecified atom stereocenters. The molecule has 0 amide bonds. The predicted octanol–water partition coefficient (Wildman–Crippen LogP) is 14.5. The van der Waals surface area contributed by atoms with E-state index in [1.807, 2.05) is 86.6 Å². The zero-order valence-electron chi connectivity index (χ0n) is 33.7. The van der Waals surface area contributed by atoms with Crippen molar-refractivity contribution in [1.29, 1.82) is 0 Å². The molecule has 0 bridgehead atoms. The molecule has 56 heavy (non-hydrogen) atoms. The van der Waals surface area contributed by atoms with E-state index in [1.54, 1.807) is 0 Å². The number of aryl methyl sites for hydroxylation is 2. The van der Waals surface area contributed by atoms with E-state index in [0.717, 1.165) is 72.6 Å². The molecule has 5 aromatic carbocycles. The monoisotopic (exact) mass is 754 g/mol. The number of para-hydroxylation sites is 2. The lowest BCUT2D eigenvalue weighted by Crippen LogP contribution is -2.19. The van der Waals surface area contributed by atoms with Gasteiger partial charge in [0.1, 0.15) is 0 Å². The van der Waals surface area contributed by atoms with Gasteiger partial charge in [-0.1, -0.05) is 139 Å². The molecule has 0 N–H and O–H groups in total. The standard InChI is InChI=1S/C48H58N4O4/c1-5-7-9-11-13-21-31-49(41-23-17-15-18-24-41)45-33-39(29-27-37(45)3)43-35-48(52(55)56)44(36-47(43)51(53)54)40-30-28-38(4)46(34-40)50(42-25-19-16-20-26-42)32-22-14-12-10-8-6-2/h15-20,23-30,33-36H,5-14,21-22,31-32H2,1-4H3. The molecule has 0 saturated carbocycles. The normalized spacial score (nSPS) is 11.1. The summed E-state index contributed by atoms with van der Waals surface area (Å²) in [5.41, 5.74) is 7.21. The molecule has 5 aromatic rings. The molecule has 0 radical (unpaired) electrons. The first kappa shape index (κ1) is 41.7. The van der Waals surface area contributed by atoms with Gasteiger partial charge in [-0.2, -0.15) is 0 Å². The summed E-state index contributed by atoms with van der Waals surface area (Å²) in [6.07, 6.45) is 13.9. The van der Waals surface area contributed by atoms with Crippen LogP contribution in [0, 0.1) is 34.1 Å². The Morgan fingerprint density at radius 1 is 0.464 bits per heavy atom. The molecule has 0 atom stereocenters. The second kappa shape index (κ2) is 21.0. The summed E-state index contributed by atoms with van der Waals surface area (Å²) in [6.45, 7) is 10.1. The Labute approximate surface area is 333 Å². The van der Waals surface area contributed by atoms with Gasteiger partial charge in [0, 0.05) is 48.0 Å². The quantitative estimate of drug-likeness (QED) is 0.0397. The van der Waals surface area contributed by atoms with Gasteiger partial charge in [0.05, 0.1) is 21.0 Å². The van der Waals surface area contributed by atoms with E-state index in [4.69, 9.17) is 0 Å². The maximum Gasteiger partial charge on any atom is 0.278 e. The van der Waals surface area contributed by atoms with Crippen molar-refractivity contribution in [3.8, 4) is 22.3 Å². The smallest absolute Gasteiger partial charge is 0.278 e. The predicted molar refractivity (Wildman–Crippen MR) is 234 cm³/mol. The number of unbranched alkanes of at least 4 members (excludes halogenated alkanes) is 10. The third kappa shape index (κ3) is 10.8. The molecule has 0 spiro atoms. The summed E-state index contributed by atoms with van der Waals surface area (Å²) < 4.78 is 0. The van der Waals surface area contributed by atoms with Crippen LogP contribution in [0.3, 0.4) is 0 Å². The van der Waals surface area contributed by atoms with E-state index in [1.165, 1.54) is 63.5 Å². The molecule has 0 aliphatic carbocycles. The lowest BCUT2D eigenvalue weighted by atomic mass is 9.94. The lowest BCUT2D eigenvalue weighted by molar-refractivity contribution is -0.388. The van der Waals surface area contributed by atoms with Crippen LogP contribution in [-0.2, 0) is 0 Å². The second-order valence-corrected chi connectivity index (χ2v) is 14.9. The van der Waals surface area contributed by atoms with Gasteiger partial charge in [0.25, 0.3) is 11.4 Å². The van der Waals surface area contributed by atoms with Crippen LogP contribution in [-0.4, -0.2) is 22.9 Å². The third-order valence-corrected chi connectivity index (χ3v) is 10.7. The highest BCUT2D eigenvalue weighted by Crippen LogP contribution is 2.44. The molecular weight excluding hydrogens is 697 g/mol. The molecule has 0 saturated heterocycles. The van der Waals surface area contributed by atoms with E-state index in [0.29, 0.717) is 11.1 Å². The Kier molecular flexibility index (Phi) is 15.6. The summed E-state index contributed by atoms with van der Waals surface area (Å²) >= 11 is 0. The number of anilines is 4. The van der Waals surface area contributed by atoms with Crippen molar-refractivity contribution in [2.75, 3.05) is 22.9 Å². The van der Waals surface area contributed by atoms with Gasteiger partial charge in [-0.05, 0) is 85.3 Å². The number of nitrogens with zero attached hydrogens (tertiary/aromatic N) is 4. The van der Waals surface area contributed by atoms with E-state index in [9.17, 15) is 20.2 Å². The average molecular weight is 755 g/mol. The van der Waals surface area contributed by atoms with Crippen LogP contribution >= 0.6 is 0 Å². The number of rotatable bonds is 22. The fraction of sp³-hybridized carbons (Fsp3) is 0.375. The lowest BCUT2D eigenvalue weighted by Gasteiger charge is -2.28. The maximum absolute atomic E-state index is 12.9. The van der Waals surface area contributed by atoms with Crippen molar-refractivity contribution in [2.45, 2.75) is 105 Å². The molecule has 0 aliphatic heterocycles. The first-order chi connectivity index (χ1) is 27.2. The van der Waals surface area contributed by atoms with Crippen LogP contribution in [0.2, 0.25) is 0 Å². The largest absolute Gasteiger partial charge is 0.341 e. The fourth-order valence-corrected chi connectivity index (χ4v) is 7.57. The van der Waals surface area contributed by atoms with Crippen LogP contribution < -0.4 is 9.80 Å². The van der Waals surface area contributed by atoms with Crippen molar-refractivity contribution in [1.82, 2.24) is 0 Å².